The zero-order valence-electron chi connectivity index (χ0n) is 8.20. The molecule has 0 saturated carbocycles. The molecule has 84 valence electrons. The summed E-state index contributed by atoms with van der Waals surface area (Å²) in [6, 6.07) is 3.15. The first-order valence-corrected chi connectivity index (χ1v) is 5.12. The Bertz CT molecular complexity index is 631. The normalized spacial score (nSPS) is 9.88. The van der Waals surface area contributed by atoms with Crippen LogP contribution in [0, 0.1) is 11.3 Å². The fourth-order valence-electron chi connectivity index (χ4n) is 1.19. The molecule has 0 aliphatic rings. The molecule has 2 heterocycles. The third-order valence-electron chi connectivity index (χ3n) is 1.87. The summed E-state index contributed by atoms with van der Waals surface area (Å²) in [5, 5.41) is 21.4. The maximum Gasteiger partial charge on any atom is 0.339 e. The van der Waals surface area contributed by atoms with Crippen molar-refractivity contribution in [2.75, 3.05) is 0 Å². The molecule has 7 nitrogen and oxygen atoms in total. The zero-order chi connectivity index (χ0) is 12.4. The maximum absolute atomic E-state index is 11.0. The number of carboxylic acids is 1. The molecule has 0 aliphatic heterocycles. The number of pyridine rings is 1. The first kappa shape index (κ1) is 11.2. The van der Waals surface area contributed by atoms with Gasteiger partial charge in [-0.1, -0.05) is 0 Å². The van der Waals surface area contributed by atoms with Gasteiger partial charge in [0.25, 0.3) is 5.82 Å². The van der Waals surface area contributed by atoms with Gasteiger partial charge in [-0.05, 0) is 22.0 Å². The topological polar surface area (TPSA) is 105 Å². The van der Waals surface area contributed by atoms with Crippen LogP contribution in [0.3, 0.4) is 0 Å². The summed E-state index contributed by atoms with van der Waals surface area (Å²) in [5.74, 6) is -1.08. The Kier molecular flexibility index (Phi) is 2.84. The molecule has 0 aromatic carbocycles. The van der Waals surface area contributed by atoms with Crippen molar-refractivity contribution >= 4 is 21.9 Å². The highest BCUT2D eigenvalue weighted by molar-refractivity contribution is 9.10. The van der Waals surface area contributed by atoms with Crippen molar-refractivity contribution in [1.82, 2.24) is 19.7 Å². The third kappa shape index (κ3) is 2.14. The fourth-order valence-corrected chi connectivity index (χ4v) is 1.52. The smallest absolute Gasteiger partial charge is 0.339 e. The molecule has 0 bridgehead atoms. The minimum Gasteiger partial charge on any atom is -0.478 e. The monoisotopic (exact) mass is 293 g/mol. The number of hydrogen-bond donors (Lipinski definition) is 1. The van der Waals surface area contributed by atoms with Gasteiger partial charge in [0, 0.05) is 10.7 Å². The van der Waals surface area contributed by atoms with E-state index in [-0.39, 0.29) is 17.2 Å². The van der Waals surface area contributed by atoms with Gasteiger partial charge in [-0.15, -0.1) is 5.10 Å². The van der Waals surface area contributed by atoms with Crippen molar-refractivity contribution in [3.8, 4) is 11.9 Å². The number of aromatic nitrogens is 4. The van der Waals surface area contributed by atoms with Crippen LogP contribution in [0.25, 0.3) is 5.82 Å². The SMILES string of the molecule is N#Cc1ncn(-c2ncc(Br)cc2C(=O)O)n1. The Hall–Kier alpha value is -2.27. The number of nitriles is 1. The van der Waals surface area contributed by atoms with Crippen LogP contribution in [0.4, 0.5) is 0 Å². The highest BCUT2D eigenvalue weighted by Crippen LogP contribution is 2.16. The van der Waals surface area contributed by atoms with Crippen molar-refractivity contribution in [1.29, 1.82) is 5.26 Å². The first-order valence-electron chi connectivity index (χ1n) is 4.33. The van der Waals surface area contributed by atoms with E-state index in [1.807, 2.05) is 0 Å². The summed E-state index contributed by atoms with van der Waals surface area (Å²) in [4.78, 5) is 18.7. The van der Waals surface area contributed by atoms with Gasteiger partial charge < -0.3 is 5.11 Å². The Morgan fingerprint density at radius 3 is 2.88 bits per heavy atom. The van der Waals surface area contributed by atoms with Crippen LogP contribution in [0.1, 0.15) is 16.2 Å². The number of halogens is 1. The molecule has 17 heavy (non-hydrogen) atoms. The standard InChI is InChI=1S/C9H4BrN5O2/c10-5-1-6(9(16)17)8(12-3-5)15-4-13-7(2-11)14-15/h1,3-4H,(H,16,17). The van der Waals surface area contributed by atoms with Crippen LogP contribution in [0.15, 0.2) is 23.1 Å². The van der Waals surface area contributed by atoms with Gasteiger partial charge in [-0.3, -0.25) is 0 Å². The summed E-state index contributed by atoms with van der Waals surface area (Å²) >= 11 is 3.13. The lowest BCUT2D eigenvalue weighted by molar-refractivity contribution is 0.0696. The lowest BCUT2D eigenvalue weighted by atomic mass is 10.2. The Balaban J connectivity index is 2.59. The van der Waals surface area contributed by atoms with Gasteiger partial charge in [0.1, 0.15) is 18.0 Å². The van der Waals surface area contributed by atoms with Crippen molar-refractivity contribution in [2.24, 2.45) is 0 Å². The predicted molar refractivity (Wildman–Crippen MR) is 58.5 cm³/mol. The van der Waals surface area contributed by atoms with Crippen LogP contribution < -0.4 is 0 Å². The zero-order valence-corrected chi connectivity index (χ0v) is 9.79. The number of hydrogen-bond acceptors (Lipinski definition) is 5. The lowest BCUT2D eigenvalue weighted by Gasteiger charge is -2.03. The minimum atomic E-state index is -1.14. The van der Waals surface area contributed by atoms with Crippen LogP contribution in [-0.2, 0) is 0 Å². The summed E-state index contributed by atoms with van der Waals surface area (Å²) in [6.07, 6.45) is 2.68. The summed E-state index contributed by atoms with van der Waals surface area (Å²) in [6.45, 7) is 0. The highest BCUT2D eigenvalue weighted by Gasteiger charge is 2.15. The summed E-state index contributed by atoms with van der Waals surface area (Å²) in [7, 11) is 0. The number of carbonyl (C=O) groups is 1. The van der Waals surface area contributed by atoms with E-state index in [0.717, 1.165) is 4.68 Å². The van der Waals surface area contributed by atoms with E-state index in [0.29, 0.717) is 4.47 Å². The minimum absolute atomic E-state index is 0.0336. The Labute approximate surface area is 103 Å². The molecule has 0 aliphatic carbocycles. The lowest BCUT2D eigenvalue weighted by Crippen LogP contribution is -2.08. The molecule has 0 amide bonds. The van der Waals surface area contributed by atoms with E-state index in [9.17, 15) is 4.79 Å². The fraction of sp³-hybridized carbons (Fsp3) is 0. The van der Waals surface area contributed by atoms with Crippen molar-refractivity contribution < 1.29 is 9.90 Å². The van der Waals surface area contributed by atoms with E-state index in [1.165, 1.54) is 18.6 Å². The molecule has 0 fully saturated rings. The molecule has 0 saturated heterocycles. The molecule has 2 rings (SSSR count). The van der Waals surface area contributed by atoms with Gasteiger partial charge in [0.2, 0.25) is 0 Å². The van der Waals surface area contributed by atoms with E-state index in [4.69, 9.17) is 10.4 Å². The van der Waals surface area contributed by atoms with Crippen LogP contribution in [0.5, 0.6) is 0 Å². The summed E-state index contributed by atoms with van der Waals surface area (Å²) < 4.78 is 1.69. The van der Waals surface area contributed by atoms with Gasteiger partial charge in [-0.2, -0.15) is 5.26 Å². The van der Waals surface area contributed by atoms with Gasteiger partial charge >= 0.3 is 5.97 Å². The number of nitrogens with zero attached hydrogens (tertiary/aromatic N) is 5. The molecule has 2 aromatic rings. The van der Waals surface area contributed by atoms with Crippen molar-refractivity contribution in [3.63, 3.8) is 0 Å². The molecule has 0 atom stereocenters. The first-order chi connectivity index (χ1) is 8.11. The van der Waals surface area contributed by atoms with Gasteiger partial charge in [0.15, 0.2) is 5.82 Å². The van der Waals surface area contributed by atoms with E-state index in [1.54, 1.807) is 6.07 Å². The predicted octanol–water partition coefficient (Wildman–Crippen LogP) is 0.995. The molecule has 0 spiro atoms. The maximum atomic E-state index is 11.0. The number of aromatic carboxylic acids is 1. The second kappa shape index (κ2) is 4.31. The van der Waals surface area contributed by atoms with Crippen molar-refractivity contribution in [3.05, 3.63) is 34.5 Å². The average Bonchev–Trinajstić information content (AvgIpc) is 2.77. The Morgan fingerprint density at radius 1 is 1.53 bits per heavy atom. The molecule has 0 unspecified atom stereocenters. The molecule has 1 N–H and O–H groups in total. The quantitative estimate of drug-likeness (QED) is 0.885. The molecule has 2 aromatic heterocycles. The Morgan fingerprint density at radius 2 is 2.29 bits per heavy atom. The van der Waals surface area contributed by atoms with Crippen LogP contribution in [0.2, 0.25) is 0 Å². The third-order valence-corrected chi connectivity index (χ3v) is 2.31. The highest BCUT2D eigenvalue weighted by atomic mass is 79.9. The van der Waals surface area contributed by atoms with E-state index in [2.05, 4.69) is 31.0 Å². The van der Waals surface area contributed by atoms with E-state index >= 15 is 0 Å². The average molecular weight is 294 g/mol. The molecule has 0 radical (unpaired) electrons. The number of carboxylic acid groups (broad SMARTS) is 1. The molecular formula is C9H4BrN5O2. The van der Waals surface area contributed by atoms with Crippen LogP contribution >= 0.6 is 15.9 Å². The number of rotatable bonds is 2. The molecule has 8 heteroatoms. The molecular weight excluding hydrogens is 290 g/mol. The second-order valence-corrected chi connectivity index (χ2v) is 3.87. The second-order valence-electron chi connectivity index (χ2n) is 2.95. The van der Waals surface area contributed by atoms with Crippen molar-refractivity contribution in [2.45, 2.75) is 0 Å². The summed E-state index contributed by atoms with van der Waals surface area (Å²) in [5.41, 5.74) is -0.0336. The van der Waals surface area contributed by atoms with E-state index < -0.39 is 5.97 Å². The van der Waals surface area contributed by atoms with Gasteiger partial charge in [-0.25, -0.2) is 19.4 Å². The van der Waals surface area contributed by atoms with Crippen LogP contribution in [-0.4, -0.2) is 30.8 Å². The largest absolute Gasteiger partial charge is 0.478 e. The van der Waals surface area contributed by atoms with Gasteiger partial charge in [0.05, 0.1) is 0 Å².